The largest absolute Gasteiger partial charge is 0.387 e. The number of hydrogen-bond donors (Lipinski definition) is 3. The van der Waals surface area contributed by atoms with Crippen LogP contribution in [0.5, 0.6) is 0 Å². The van der Waals surface area contributed by atoms with Crippen molar-refractivity contribution in [1.29, 1.82) is 0 Å². The zero-order valence-corrected chi connectivity index (χ0v) is 11.0. The van der Waals surface area contributed by atoms with Crippen molar-refractivity contribution in [3.8, 4) is 0 Å². The molecule has 0 aliphatic heterocycles. The number of nitrogens with one attached hydrogen (secondary N) is 2. The van der Waals surface area contributed by atoms with Gasteiger partial charge in [-0.3, -0.25) is 5.32 Å². The number of carbonyl (C=O) groups excluding carboxylic acids is 1. The van der Waals surface area contributed by atoms with Crippen LogP contribution in [-0.2, 0) is 0 Å². The summed E-state index contributed by atoms with van der Waals surface area (Å²) in [7, 11) is 3.73. The fraction of sp³-hybridized carbons (Fsp3) is 0.500. The Balaban J connectivity index is 2.37. The van der Waals surface area contributed by atoms with Crippen molar-refractivity contribution >= 4 is 11.8 Å². The first-order chi connectivity index (χ1) is 8.39. The van der Waals surface area contributed by atoms with Crippen LogP contribution in [0.2, 0.25) is 0 Å². The standard InChI is InChI=1S/C12H20N4O2/c1-12(18,9-16(2)3)8-14-11(17)15-10-6-4-5-7-13-10/h4-7,18H,8-9H2,1-3H3,(H2,13,14,15,17). The van der Waals surface area contributed by atoms with E-state index in [0.29, 0.717) is 12.4 Å². The van der Waals surface area contributed by atoms with Crippen LogP contribution in [0.1, 0.15) is 6.92 Å². The number of carbonyl (C=O) groups is 1. The van der Waals surface area contributed by atoms with Crippen molar-refractivity contribution in [3.63, 3.8) is 0 Å². The summed E-state index contributed by atoms with van der Waals surface area (Å²) < 4.78 is 0. The first kappa shape index (κ1) is 14.4. The van der Waals surface area contributed by atoms with Gasteiger partial charge >= 0.3 is 6.03 Å². The number of aromatic nitrogens is 1. The first-order valence-corrected chi connectivity index (χ1v) is 5.72. The van der Waals surface area contributed by atoms with Crippen LogP contribution in [-0.4, -0.2) is 53.8 Å². The third kappa shape index (κ3) is 5.60. The summed E-state index contributed by atoms with van der Waals surface area (Å²) in [6, 6.07) is 4.86. The molecule has 6 heteroatoms. The van der Waals surface area contributed by atoms with Gasteiger partial charge < -0.3 is 15.3 Å². The smallest absolute Gasteiger partial charge is 0.320 e. The van der Waals surface area contributed by atoms with Gasteiger partial charge in [0.05, 0.1) is 5.60 Å². The van der Waals surface area contributed by atoms with Gasteiger partial charge in [-0.1, -0.05) is 6.07 Å². The lowest BCUT2D eigenvalue weighted by Gasteiger charge is -2.27. The monoisotopic (exact) mass is 252 g/mol. The molecule has 6 nitrogen and oxygen atoms in total. The van der Waals surface area contributed by atoms with E-state index in [9.17, 15) is 9.90 Å². The van der Waals surface area contributed by atoms with Gasteiger partial charge in [0.25, 0.3) is 0 Å². The minimum Gasteiger partial charge on any atom is -0.387 e. The van der Waals surface area contributed by atoms with E-state index in [1.807, 2.05) is 19.0 Å². The Morgan fingerprint density at radius 2 is 2.22 bits per heavy atom. The lowest BCUT2D eigenvalue weighted by molar-refractivity contribution is 0.0364. The molecule has 0 aromatic carbocycles. The van der Waals surface area contributed by atoms with Gasteiger partial charge in [0.2, 0.25) is 0 Å². The average Bonchev–Trinajstić information content (AvgIpc) is 2.26. The number of rotatable bonds is 5. The molecule has 0 aliphatic carbocycles. The van der Waals surface area contributed by atoms with Gasteiger partial charge in [0.15, 0.2) is 0 Å². The Bertz CT molecular complexity index is 379. The zero-order valence-electron chi connectivity index (χ0n) is 11.0. The molecule has 18 heavy (non-hydrogen) atoms. The fourth-order valence-corrected chi connectivity index (χ4v) is 1.61. The van der Waals surface area contributed by atoms with Crippen molar-refractivity contribution < 1.29 is 9.90 Å². The molecular weight excluding hydrogens is 232 g/mol. The number of nitrogens with zero attached hydrogens (tertiary/aromatic N) is 2. The summed E-state index contributed by atoms with van der Waals surface area (Å²) >= 11 is 0. The molecule has 1 heterocycles. The molecule has 0 aliphatic rings. The van der Waals surface area contributed by atoms with E-state index in [1.165, 1.54) is 0 Å². The SMILES string of the molecule is CN(C)CC(C)(O)CNC(=O)Nc1ccccn1. The maximum absolute atomic E-state index is 11.6. The Morgan fingerprint density at radius 1 is 1.50 bits per heavy atom. The van der Waals surface area contributed by atoms with E-state index in [4.69, 9.17) is 0 Å². The maximum Gasteiger partial charge on any atom is 0.320 e. The number of likely N-dealkylation sites (N-methyl/N-ethyl adjacent to an activating group) is 1. The maximum atomic E-state index is 11.6. The predicted octanol–water partition coefficient (Wildman–Crippen LogP) is 0.516. The number of aliphatic hydroxyl groups is 1. The van der Waals surface area contributed by atoms with Gasteiger partial charge in [-0.15, -0.1) is 0 Å². The molecular formula is C12H20N4O2. The second kappa shape index (κ2) is 6.32. The molecule has 100 valence electrons. The van der Waals surface area contributed by atoms with Crippen molar-refractivity contribution in [3.05, 3.63) is 24.4 Å². The Labute approximate surface area is 107 Å². The van der Waals surface area contributed by atoms with Crippen molar-refractivity contribution in [2.24, 2.45) is 0 Å². The van der Waals surface area contributed by atoms with E-state index >= 15 is 0 Å². The van der Waals surface area contributed by atoms with E-state index in [2.05, 4.69) is 15.6 Å². The normalized spacial score (nSPS) is 14.1. The molecule has 0 spiro atoms. The Morgan fingerprint density at radius 3 is 2.78 bits per heavy atom. The van der Waals surface area contributed by atoms with Crippen LogP contribution in [0.25, 0.3) is 0 Å². The quantitative estimate of drug-likeness (QED) is 0.714. The van der Waals surface area contributed by atoms with Crippen LogP contribution >= 0.6 is 0 Å². The molecule has 0 radical (unpaired) electrons. The van der Waals surface area contributed by atoms with Gasteiger partial charge in [-0.25, -0.2) is 9.78 Å². The molecule has 0 saturated heterocycles. The Kier molecular flexibility index (Phi) is 5.06. The summed E-state index contributed by atoms with van der Waals surface area (Å²) in [6.07, 6.45) is 1.60. The number of urea groups is 1. The summed E-state index contributed by atoms with van der Waals surface area (Å²) in [4.78, 5) is 17.4. The summed E-state index contributed by atoms with van der Waals surface area (Å²) in [5.41, 5.74) is -0.967. The molecule has 1 atom stereocenters. The third-order valence-corrected chi connectivity index (χ3v) is 2.19. The highest BCUT2D eigenvalue weighted by atomic mass is 16.3. The minimum atomic E-state index is -0.967. The van der Waals surface area contributed by atoms with Crippen LogP contribution in [0, 0.1) is 0 Å². The lowest BCUT2D eigenvalue weighted by Crippen LogP contribution is -2.48. The highest BCUT2D eigenvalue weighted by Crippen LogP contribution is 2.03. The van der Waals surface area contributed by atoms with Gasteiger partial charge in [0.1, 0.15) is 5.82 Å². The molecule has 1 unspecified atom stereocenters. The molecule has 3 N–H and O–H groups in total. The fourth-order valence-electron chi connectivity index (χ4n) is 1.61. The summed E-state index contributed by atoms with van der Waals surface area (Å²) in [6.45, 7) is 2.31. The van der Waals surface area contributed by atoms with E-state index in [1.54, 1.807) is 31.3 Å². The molecule has 0 saturated carbocycles. The zero-order chi connectivity index (χ0) is 13.6. The van der Waals surface area contributed by atoms with Crippen molar-refractivity contribution in [2.75, 3.05) is 32.5 Å². The lowest BCUT2D eigenvalue weighted by atomic mass is 10.1. The number of amides is 2. The molecule has 1 rings (SSSR count). The topological polar surface area (TPSA) is 77.5 Å². The van der Waals surface area contributed by atoms with E-state index in [-0.39, 0.29) is 12.6 Å². The molecule has 2 amide bonds. The second-order valence-corrected chi connectivity index (χ2v) is 4.76. The van der Waals surface area contributed by atoms with E-state index in [0.717, 1.165) is 0 Å². The summed E-state index contributed by atoms with van der Waals surface area (Å²) in [5, 5.41) is 15.2. The van der Waals surface area contributed by atoms with Crippen LogP contribution in [0.15, 0.2) is 24.4 Å². The highest BCUT2D eigenvalue weighted by molar-refractivity contribution is 5.88. The molecule has 1 aromatic heterocycles. The highest BCUT2D eigenvalue weighted by Gasteiger charge is 2.21. The number of anilines is 1. The first-order valence-electron chi connectivity index (χ1n) is 5.72. The van der Waals surface area contributed by atoms with Crippen LogP contribution in [0.4, 0.5) is 10.6 Å². The number of hydrogen-bond acceptors (Lipinski definition) is 4. The van der Waals surface area contributed by atoms with Gasteiger partial charge in [0, 0.05) is 19.3 Å². The summed E-state index contributed by atoms with van der Waals surface area (Å²) in [5.74, 6) is 0.474. The van der Waals surface area contributed by atoms with Crippen molar-refractivity contribution in [1.82, 2.24) is 15.2 Å². The second-order valence-electron chi connectivity index (χ2n) is 4.76. The molecule has 0 fully saturated rings. The molecule has 1 aromatic rings. The minimum absolute atomic E-state index is 0.170. The van der Waals surface area contributed by atoms with Gasteiger partial charge in [-0.05, 0) is 33.2 Å². The average molecular weight is 252 g/mol. The van der Waals surface area contributed by atoms with Gasteiger partial charge in [-0.2, -0.15) is 0 Å². The number of pyridine rings is 1. The van der Waals surface area contributed by atoms with Crippen LogP contribution < -0.4 is 10.6 Å². The Hall–Kier alpha value is -1.66. The molecule has 0 bridgehead atoms. The third-order valence-electron chi connectivity index (χ3n) is 2.19. The van der Waals surface area contributed by atoms with E-state index < -0.39 is 5.60 Å². The van der Waals surface area contributed by atoms with Crippen LogP contribution in [0.3, 0.4) is 0 Å². The van der Waals surface area contributed by atoms with Crippen molar-refractivity contribution in [2.45, 2.75) is 12.5 Å². The predicted molar refractivity (Wildman–Crippen MR) is 70.4 cm³/mol.